The first kappa shape index (κ1) is 14.0. The van der Waals surface area contributed by atoms with E-state index in [2.05, 4.69) is 11.9 Å². The topological polar surface area (TPSA) is 60.9 Å². The fourth-order valence-corrected chi connectivity index (χ4v) is 2.01. The molecule has 1 fully saturated rings. The fraction of sp³-hybridized carbons (Fsp3) is 0.833. The van der Waals surface area contributed by atoms with Crippen LogP contribution in [-0.2, 0) is 9.59 Å². The van der Waals surface area contributed by atoms with Crippen LogP contribution in [0.3, 0.4) is 0 Å². The van der Waals surface area contributed by atoms with Gasteiger partial charge in [0.1, 0.15) is 0 Å². The number of unbranched alkanes of at least 4 members (excludes halogenated alkanes) is 1. The molecule has 1 aliphatic heterocycles. The number of hydrogen-bond donors (Lipinski definition) is 1. The molecule has 0 radical (unpaired) electrons. The van der Waals surface area contributed by atoms with E-state index in [0.717, 1.165) is 32.6 Å². The van der Waals surface area contributed by atoms with Crippen LogP contribution in [0.15, 0.2) is 0 Å². The summed E-state index contributed by atoms with van der Waals surface area (Å²) in [6.07, 6.45) is 2.94. The molecule has 0 saturated carbocycles. The third-order valence-electron chi connectivity index (χ3n) is 3.10. The predicted molar refractivity (Wildman–Crippen MR) is 64.8 cm³/mol. The van der Waals surface area contributed by atoms with Crippen molar-refractivity contribution >= 4 is 11.9 Å². The second kappa shape index (κ2) is 7.27. The third kappa shape index (κ3) is 5.68. The van der Waals surface area contributed by atoms with E-state index in [-0.39, 0.29) is 12.3 Å². The van der Waals surface area contributed by atoms with Crippen molar-refractivity contribution in [3.8, 4) is 0 Å². The van der Waals surface area contributed by atoms with Crippen molar-refractivity contribution in [1.29, 1.82) is 0 Å². The monoisotopic (exact) mass is 242 g/mol. The number of carbonyl (C=O) groups is 2. The third-order valence-corrected chi connectivity index (χ3v) is 3.10. The summed E-state index contributed by atoms with van der Waals surface area (Å²) in [4.78, 5) is 26.3. The highest BCUT2D eigenvalue weighted by atomic mass is 16.4. The predicted octanol–water partition coefficient (Wildman–Crippen LogP) is 0.795. The highest BCUT2D eigenvalue weighted by Crippen LogP contribution is 2.07. The number of nitrogens with zero attached hydrogens (tertiary/aromatic N) is 2. The maximum atomic E-state index is 11.9. The van der Waals surface area contributed by atoms with E-state index < -0.39 is 5.97 Å². The molecular formula is C12H22N2O3. The quantitative estimate of drug-likeness (QED) is 0.724. The zero-order valence-electron chi connectivity index (χ0n) is 10.5. The first-order valence-electron chi connectivity index (χ1n) is 6.27. The van der Waals surface area contributed by atoms with Gasteiger partial charge in [0.15, 0.2) is 0 Å². The minimum absolute atomic E-state index is 0.163. The maximum absolute atomic E-state index is 11.9. The number of rotatable bonds is 5. The first-order valence-corrected chi connectivity index (χ1v) is 6.27. The Morgan fingerprint density at radius 2 is 1.76 bits per heavy atom. The normalized spacial score (nSPS) is 17.8. The van der Waals surface area contributed by atoms with Crippen LogP contribution in [0.5, 0.6) is 0 Å². The minimum atomic E-state index is -0.783. The van der Waals surface area contributed by atoms with Crippen molar-refractivity contribution < 1.29 is 14.7 Å². The summed E-state index contributed by atoms with van der Waals surface area (Å²) in [5, 5.41) is 8.49. The lowest BCUT2D eigenvalue weighted by molar-refractivity contribution is -0.137. The Balaban J connectivity index is 2.20. The number of amides is 1. The zero-order valence-corrected chi connectivity index (χ0v) is 10.5. The van der Waals surface area contributed by atoms with E-state index in [4.69, 9.17) is 5.11 Å². The molecule has 98 valence electrons. The van der Waals surface area contributed by atoms with Crippen LogP contribution in [0, 0.1) is 0 Å². The van der Waals surface area contributed by atoms with Gasteiger partial charge < -0.3 is 14.9 Å². The number of likely N-dealkylation sites (N-methyl/N-ethyl adjacent to an activating group) is 1. The van der Waals surface area contributed by atoms with Crippen LogP contribution in [0.1, 0.15) is 32.1 Å². The van der Waals surface area contributed by atoms with Crippen LogP contribution in [0.4, 0.5) is 0 Å². The molecule has 5 nitrogen and oxygen atoms in total. The molecule has 0 atom stereocenters. The van der Waals surface area contributed by atoms with Crippen LogP contribution >= 0.6 is 0 Å². The Hall–Kier alpha value is -1.10. The summed E-state index contributed by atoms with van der Waals surface area (Å²) in [5.41, 5.74) is 0. The average Bonchev–Trinajstić information content (AvgIpc) is 2.49. The van der Waals surface area contributed by atoms with Gasteiger partial charge in [-0.25, -0.2) is 0 Å². The highest BCUT2D eigenvalue weighted by molar-refractivity contribution is 5.76. The molecule has 0 aromatic rings. The first-order chi connectivity index (χ1) is 8.09. The SMILES string of the molecule is CN1CCCN(C(=O)CCCCC(=O)O)CC1. The van der Waals surface area contributed by atoms with Gasteiger partial charge in [0.2, 0.25) is 5.91 Å². The van der Waals surface area contributed by atoms with Gasteiger partial charge in [-0.05, 0) is 32.9 Å². The van der Waals surface area contributed by atoms with Gasteiger partial charge in [-0.15, -0.1) is 0 Å². The second-order valence-electron chi connectivity index (χ2n) is 4.64. The van der Waals surface area contributed by atoms with E-state index in [0.29, 0.717) is 19.3 Å². The molecule has 0 unspecified atom stereocenters. The van der Waals surface area contributed by atoms with Gasteiger partial charge >= 0.3 is 5.97 Å². The van der Waals surface area contributed by atoms with Crippen LogP contribution in [0.25, 0.3) is 0 Å². The van der Waals surface area contributed by atoms with Gasteiger partial charge in [0.05, 0.1) is 0 Å². The summed E-state index contributed by atoms with van der Waals surface area (Å²) in [6, 6.07) is 0. The molecular weight excluding hydrogens is 220 g/mol. The summed E-state index contributed by atoms with van der Waals surface area (Å²) in [5.74, 6) is -0.612. The Morgan fingerprint density at radius 1 is 1.06 bits per heavy atom. The Bertz CT molecular complexity index is 268. The van der Waals surface area contributed by atoms with Gasteiger partial charge in [-0.1, -0.05) is 0 Å². The van der Waals surface area contributed by atoms with Crippen LogP contribution < -0.4 is 0 Å². The van der Waals surface area contributed by atoms with Crippen molar-refractivity contribution in [3.05, 3.63) is 0 Å². The van der Waals surface area contributed by atoms with E-state index in [1.54, 1.807) is 0 Å². The molecule has 0 aliphatic carbocycles. The van der Waals surface area contributed by atoms with Gasteiger partial charge in [0.25, 0.3) is 0 Å². The minimum Gasteiger partial charge on any atom is -0.481 e. The molecule has 0 bridgehead atoms. The summed E-state index contributed by atoms with van der Waals surface area (Å²) >= 11 is 0. The lowest BCUT2D eigenvalue weighted by Gasteiger charge is -2.20. The van der Waals surface area contributed by atoms with Crippen molar-refractivity contribution in [2.24, 2.45) is 0 Å². The molecule has 1 N–H and O–H groups in total. The van der Waals surface area contributed by atoms with Crippen molar-refractivity contribution in [1.82, 2.24) is 9.80 Å². The van der Waals surface area contributed by atoms with E-state index in [1.807, 2.05) is 4.90 Å². The molecule has 1 aliphatic rings. The van der Waals surface area contributed by atoms with Gasteiger partial charge in [-0.3, -0.25) is 9.59 Å². The lowest BCUT2D eigenvalue weighted by atomic mass is 10.2. The molecule has 1 saturated heterocycles. The molecule has 5 heteroatoms. The van der Waals surface area contributed by atoms with Crippen LogP contribution in [-0.4, -0.2) is 60.0 Å². The Labute approximate surface area is 102 Å². The number of hydrogen-bond acceptors (Lipinski definition) is 3. The smallest absolute Gasteiger partial charge is 0.303 e. The number of carbonyl (C=O) groups excluding carboxylic acids is 1. The van der Waals surface area contributed by atoms with Crippen molar-refractivity contribution in [2.75, 3.05) is 33.2 Å². The van der Waals surface area contributed by atoms with Crippen molar-refractivity contribution in [3.63, 3.8) is 0 Å². The van der Waals surface area contributed by atoms with E-state index >= 15 is 0 Å². The molecule has 0 spiro atoms. The highest BCUT2D eigenvalue weighted by Gasteiger charge is 2.16. The van der Waals surface area contributed by atoms with E-state index in [9.17, 15) is 9.59 Å². The fourth-order valence-electron chi connectivity index (χ4n) is 2.01. The molecule has 1 rings (SSSR count). The summed E-state index contributed by atoms with van der Waals surface area (Å²) in [7, 11) is 2.07. The molecule has 1 heterocycles. The summed E-state index contributed by atoms with van der Waals surface area (Å²) in [6.45, 7) is 3.61. The zero-order chi connectivity index (χ0) is 12.7. The van der Waals surface area contributed by atoms with Gasteiger partial charge in [0, 0.05) is 32.5 Å². The Morgan fingerprint density at radius 3 is 2.47 bits per heavy atom. The molecule has 0 aromatic heterocycles. The van der Waals surface area contributed by atoms with E-state index in [1.165, 1.54) is 0 Å². The lowest BCUT2D eigenvalue weighted by Crippen LogP contribution is -2.34. The van der Waals surface area contributed by atoms with Crippen molar-refractivity contribution in [2.45, 2.75) is 32.1 Å². The molecule has 17 heavy (non-hydrogen) atoms. The van der Waals surface area contributed by atoms with Gasteiger partial charge in [-0.2, -0.15) is 0 Å². The molecule has 0 aromatic carbocycles. The number of carboxylic acids is 1. The largest absolute Gasteiger partial charge is 0.481 e. The van der Waals surface area contributed by atoms with Crippen LogP contribution in [0.2, 0.25) is 0 Å². The standard InChI is InChI=1S/C12H22N2O3/c1-13-7-4-8-14(10-9-13)11(15)5-2-3-6-12(16)17/h2-10H2,1H3,(H,16,17). The maximum Gasteiger partial charge on any atom is 0.303 e. The Kier molecular flexibility index (Phi) is 5.97. The number of carboxylic acid groups (broad SMARTS) is 1. The average molecular weight is 242 g/mol. The molecule has 1 amide bonds. The number of aliphatic carboxylic acids is 1. The second-order valence-corrected chi connectivity index (χ2v) is 4.64. The summed E-state index contributed by atoms with van der Waals surface area (Å²) < 4.78 is 0.